The highest BCUT2D eigenvalue weighted by molar-refractivity contribution is 5.74. The molecule has 0 bridgehead atoms. The van der Waals surface area contributed by atoms with E-state index in [0.29, 0.717) is 0 Å². The molecule has 3 nitrogen and oxygen atoms in total. The molecule has 0 aliphatic rings. The molecule has 0 fully saturated rings. The Morgan fingerprint density at radius 1 is 1.31 bits per heavy atom. The summed E-state index contributed by atoms with van der Waals surface area (Å²) in [7, 11) is 0. The Bertz CT molecular complexity index is 376. The molecule has 0 saturated heterocycles. The minimum absolute atomic E-state index is 0.183. The Kier molecular flexibility index (Phi) is 3.93. The molecule has 0 heterocycles. The number of amides is 1. The molecule has 1 unspecified atom stereocenters. The molecule has 16 heavy (non-hydrogen) atoms. The van der Waals surface area contributed by atoms with Crippen molar-refractivity contribution in [3.8, 4) is 5.75 Å². The molecule has 1 atom stereocenters. The summed E-state index contributed by atoms with van der Waals surface area (Å²) in [6.45, 7) is 7.92. The van der Waals surface area contributed by atoms with Crippen molar-refractivity contribution >= 4 is 5.91 Å². The molecule has 0 aliphatic carbocycles. The van der Waals surface area contributed by atoms with Crippen molar-refractivity contribution in [1.82, 2.24) is 0 Å². The molecular formula is C13H19NO2. The zero-order chi connectivity index (χ0) is 12.3. The summed E-state index contributed by atoms with van der Waals surface area (Å²) in [5.74, 6) is 0.522. The van der Waals surface area contributed by atoms with Gasteiger partial charge in [0.2, 0.25) is 5.91 Å². The van der Waals surface area contributed by atoms with E-state index in [2.05, 4.69) is 19.1 Å². The van der Waals surface area contributed by atoms with Crippen LogP contribution in [-0.2, 0) is 4.79 Å². The first-order valence-corrected chi connectivity index (χ1v) is 5.43. The van der Waals surface area contributed by atoms with Crippen LogP contribution in [0, 0.1) is 20.8 Å². The summed E-state index contributed by atoms with van der Waals surface area (Å²) in [6, 6.07) is 4.14. The molecule has 1 amide bonds. The van der Waals surface area contributed by atoms with E-state index in [0.717, 1.165) is 16.9 Å². The van der Waals surface area contributed by atoms with E-state index in [-0.39, 0.29) is 18.4 Å². The maximum Gasteiger partial charge on any atom is 0.221 e. The van der Waals surface area contributed by atoms with E-state index in [1.165, 1.54) is 5.56 Å². The fourth-order valence-corrected chi connectivity index (χ4v) is 1.88. The van der Waals surface area contributed by atoms with E-state index in [1.54, 1.807) is 0 Å². The molecule has 88 valence electrons. The molecule has 1 rings (SSSR count). The molecule has 0 aliphatic heterocycles. The molecule has 1 aromatic rings. The van der Waals surface area contributed by atoms with Gasteiger partial charge in [0.1, 0.15) is 11.9 Å². The average molecular weight is 221 g/mol. The van der Waals surface area contributed by atoms with Crippen LogP contribution in [0.15, 0.2) is 12.1 Å². The standard InChI is InChI=1S/C13H19NO2/c1-8-5-9(2)13(10(3)6-8)16-11(4)7-12(14)15/h5-6,11H,7H2,1-4H3,(H2,14,15). The van der Waals surface area contributed by atoms with Gasteiger partial charge < -0.3 is 10.5 Å². The van der Waals surface area contributed by atoms with Gasteiger partial charge in [-0.15, -0.1) is 0 Å². The average Bonchev–Trinajstić information content (AvgIpc) is 2.09. The van der Waals surface area contributed by atoms with Crippen LogP contribution in [0.1, 0.15) is 30.0 Å². The third-order valence-electron chi connectivity index (χ3n) is 2.41. The number of nitrogens with two attached hydrogens (primary N) is 1. The first-order valence-electron chi connectivity index (χ1n) is 5.43. The van der Waals surface area contributed by atoms with Gasteiger partial charge in [0.05, 0.1) is 6.42 Å². The summed E-state index contributed by atoms with van der Waals surface area (Å²) in [5, 5.41) is 0. The zero-order valence-corrected chi connectivity index (χ0v) is 10.3. The molecule has 0 aromatic heterocycles. The SMILES string of the molecule is Cc1cc(C)c(OC(C)CC(N)=O)c(C)c1. The summed E-state index contributed by atoms with van der Waals surface area (Å²) in [6.07, 6.45) is 0.0600. The van der Waals surface area contributed by atoms with Gasteiger partial charge in [0, 0.05) is 0 Å². The van der Waals surface area contributed by atoms with Gasteiger partial charge in [-0.3, -0.25) is 4.79 Å². The number of ether oxygens (including phenoxy) is 1. The Morgan fingerprint density at radius 2 is 1.81 bits per heavy atom. The van der Waals surface area contributed by atoms with Gasteiger partial charge in [0.25, 0.3) is 0 Å². The Morgan fingerprint density at radius 3 is 2.25 bits per heavy atom. The largest absolute Gasteiger partial charge is 0.490 e. The maximum atomic E-state index is 10.8. The summed E-state index contributed by atoms with van der Waals surface area (Å²) in [4.78, 5) is 10.8. The van der Waals surface area contributed by atoms with Gasteiger partial charge in [-0.05, 0) is 38.8 Å². The van der Waals surface area contributed by atoms with E-state index in [1.807, 2.05) is 20.8 Å². The predicted molar refractivity (Wildman–Crippen MR) is 64.6 cm³/mol. The highest BCUT2D eigenvalue weighted by Gasteiger charge is 2.11. The highest BCUT2D eigenvalue weighted by atomic mass is 16.5. The number of rotatable bonds is 4. The normalized spacial score (nSPS) is 12.2. The quantitative estimate of drug-likeness (QED) is 0.847. The molecular weight excluding hydrogens is 202 g/mol. The summed E-state index contributed by atoms with van der Waals surface area (Å²) in [5.41, 5.74) is 8.52. The van der Waals surface area contributed by atoms with Gasteiger partial charge in [-0.1, -0.05) is 17.7 Å². The number of hydrogen-bond donors (Lipinski definition) is 1. The van der Waals surface area contributed by atoms with E-state index in [9.17, 15) is 4.79 Å². The first kappa shape index (κ1) is 12.6. The molecule has 3 heteroatoms. The van der Waals surface area contributed by atoms with Crippen LogP contribution in [0.25, 0.3) is 0 Å². The van der Waals surface area contributed by atoms with Gasteiger partial charge in [-0.2, -0.15) is 0 Å². The topological polar surface area (TPSA) is 52.3 Å². The second-order valence-corrected chi connectivity index (χ2v) is 4.33. The maximum absolute atomic E-state index is 10.8. The number of aryl methyl sites for hydroxylation is 3. The van der Waals surface area contributed by atoms with Crippen LogP contribution in [0.3, 0.4) is 0 Å². The fraction of sp³-hybridized carbons (Fsp3) is 0.462. The number of primary amides is 1. The minimum atomic E-state index is -0.338. The van der Waals surface area contributed by atoms with Crippen LogP contribution < -0.4 is 10.5 Å². The molecule has 2 N–H and O–H groups in total. The summed E-state index contributed by atoms with van der Waals surface area (Å²) < 4.78 is 5.74. The van der Waals surface area contributed by atoms with Crippen LogP contribution >= 0.6 is 0 Å². The summed E-state index contributed by atoms with van der Waals surface area (Å²) >= 11 is 0. The molecule has 0 saturated carbocycles. The number of carbonyl (C=O) groups excluding carboxylic acids is 1. The fourth-order valence-electron chi connectivity index (χ4n) is 1.88. The van der Waals surface area contributed by atoms with Crippen LogP contribution in [0.2, 0.25) is 0 Å². The Hall–Kier alpha value is -1.51. The van der Waals surface area contributed by atoms with Gasteiger partial charge >= 0.3 is 0 Å². The minimum Gasteiger partial charge on any atom is -0.490 e. The van der Waals surface area contributed by atoms with E-state index in [4.69, 9.17) is 10.5 Å². The van der Waals surface area contributed by atoms with Gasteiger partial charge in [-0.25, -0.2) is 0 Å². The first-order chi connectivity index (χ1) is 7.40. The van der Waals surface area contributed by atoms with E-state index < -0.39 is 0 Å². The second-order valence-electron chi connectivity index (χ2n) is 4.33. The lowest BCUT2D eigenvalue weighted by Crippen LogP contribution is -2.22. The monoisotopic (exact) mass is 221 g/mol. The van der Waals surface area contributed by atoms with Crippen molar-refractivity contribution in [3.63, 3.8) is 0 Å². The van der Waals surface area contributed by atoms with Gasteiger partial charge in [0.15, 0.2) is 0 Å². The highest BCUT2D eigenvalue weighted by Crippen LogP contribution is 2.25. The van der Waals surface area contributed by atoms with Crippen molar-refractivity contribution in [2.24, 2.45) is 5.73 Å². The second kappa shape index (κ2) is 5.01. The molecule has 0 spiro atoms. The van der Waals surface area contributed by atoms with E-state index >= 15 is 0 Å². The molecule has 1 aromatic carbocycles. The Labute approximate surface area is 96.6 Å². The third kappa shape index (κ3) is 3.26. The number of carbonyl (C=O) groups is 1. The van der Waals surface area contributed by atoms with Crippen LogP contribution in [-0.4, -0.2) is 12.0 Å². The number of hydrogen-bond acceptors (Lipinski definition) is 2. The zero-order valence-electron chi connectivity index (χ0n) is 10.3. The lowest BCUT2D eigenvalue weighted by Gasteiger charge is -2.17. The van der Waals surface area contributed by atoms with Crippen molar-refractivity contribution in [1.29, 1.82) is 0 Å². The Balaban J connectivity index is 2.85. The predicted octanol–water partition coefficient (Wildman–Crippen LogP) is 2.25. The van der Waals surface area contributed by atoms with Crippen molar-refractivity contribution in [3.05, 3.63) is 28.8 Å². The van der Waals surface area contributed by atoms with Crippen LogP contribution in [0.4, 0.5) is 0 Å². The van der Waals surface area contributed by atoms with Crippen molar-refractivity contribution in [2.75, 3.05) is 0 Å². The number of benzene rings is 1. The van der Waals surface area contributed by atoms with Crippen molar-refractivity contribution in [2.45, 2.75) is 40.2 Å². The third-order valence-corrected chi connectivity index (χ3v) is 2.41. The van der Waals surface area contributed by atoms with Crippen LogP contribution in [0.5, 0.6) is 5.75 Å². The molecule has 0 radical (unpaired) electrons. The van der Waals surface area contributed by atoms with Crippen molar-refractivity contribution < 1.29 is 9.53 Å². The lowest BCUT2D eigenvalue weighted by atomic mass is 10.1. The smallest absolute Gasteiger partial charge is 0.221 e. The lowest BCUT2D eigenvalue weighted by molar-refractivity contribution is -0.119.